The number of unbranched alkanes of at least 4 members (excludes halogenated alkanes) is 7. The van der Waals surface area contributed by atoms with E-state index >= 15 is 0 Å². The van der Waals surface area contributed by atoms with E-state index in [2.05, 4.69) is 6.92 Å². The van der Waals surface area contributed by atoms with Gasteiger partial charge in [-0.3, -0.25) is 0 Å². The third-order valence-corrected chi connectivity index (χ3v) is 5.36. The minimum absolute atomic E-state index is 0.186. The summed E-state index contributed by atoms with van der Waals surface area (Å²) in [5.74, 6) is -0.724. The van der Waals surface area contributed by atoms with E-state index in [9.17, 15) is 9.59 Å². The summed E-state index contributed by atoms with van der Waals surface area (Å²) in [5.41, 5.74) is 1.21. The van der Waals surface area contributed by atoms with Crippen LogP contribution in [0.25, 0.3) is 0 Å². The lowest BCUT2D eigenvalue weighted by Gasteiger charge is -2.10. The first kappa shape index (κ1) is 23.9. The average molecular weight is 431 g/mol. The molecular weight excluding hydrogens is 400 g/mol. The number of benzene rings is 2. The molecule has 2 aromatic rings. The summed E-state index contributed by atoms with van der Waals surface area (Å²) < 4.78 is 10.8. The Morgan fingerprint density at radius 1 is 0.833 bits per heavy atom. The number of ether oxygens (including phenoxy) is 2. The molecule has 0 aliphatic heterocycles. The van der Waals surface area contributed by atoms with E-state index in [0.717, 1.165) is 24.8 Å². The summed E-state index contributed by atoms with van der Waals surface area (Å²) in [6.07, 6.45) is 9.39. The van der Waals surface area contributed by atoms with Crippen LogP contribution in [-0.2, 0) is 4.74 Å². The molecule has 4 nitrogen and oxygen atoms in total. The topological polar surface area (TPSA) is 52.6 Å². The summed E-state index contributed by atoms with van der Waals surface area (Å²) in [4.78, 5) is 25.1. The molecule has 0 unspecified atom stereocenters. The minimum atomic E-state index is -0.601. The van der Waals surface area contributed by atoms with Gasteiger partial charge in [-0.2, -0.15) is 0 Å². The Balaban J connectivity index is 1.84. The van der Waals surface area contributed by atoms with Crippen molar-refractivity contribution in [3.05, 3.63) is 64.2 Å². The van der Waals surface area contributed by atoms with Gasteiger partial charge in [0.1, 0.15) is 5.75 Å². The molecule has 2 aromatic carbocycles. The van der Waals surface area contributed by atoms with Crippen molar-refractivity contribution in [3.63, 3.8) is 0 Å². The molecule has 0 aliphatic carbocycles. The van der Waals surface area contributed by atoms with Gasteiger partial charge in [0.05, 0.1) is 17.7 Å². The molecule has 0 spiro atoms. The second kappa shape index (κ2) is 13.1. The molecule has 2 rings (SSSR count). The second-order valence-corrected chi connectivity index (χ2v) is 7.86. The van der Waals surface area contributed by atoms with E-state index in [1.165, 1.54) is 32.1 Å². The zero-order valence-electron chi connectivity index (χ0n) is 17.9. The van der Waals surface area contributed by atoms with E-state index in [1.54, 1.807) is 42.5 Å². The molecule has 0 N–H and O–H groups in total. The molecule has 0 bridgehead atoms. The van der Waals surface area contributed by atoms with E-state index < -0.39 is 11.9 Å². The summed E-state index contributed by atoms with van der Waals surface area (Å²) >= 11 is 6.01. The number of hydrogen-bond acceptors (Lipinski definition) is 4. The SMILES string of the molecule is CCCCCCCCCCOC(=O)c1ccccc1C(=O)Oc1ccc(Cl)c(C)c1. The van der Waals surface area contributed by atoms with Gasteiger partial charge in [0.2, 0.25) is 0 Å². The fourth-order valence-corrected chi connectivity index (χ4v) is 3.28. The number of hydrogen-bond donors (Lipinski definition) is 0. The van der Waals surface area contributed by atoms with Crippen LogP contribution in [0.1, 0.15) is 84.6 Å². The first-order valence-corrected chi connectivity index (χ1v) is 11.1. The monoisotopic (exact) mass is 430 g/mol. The highest BCUT2D eigenvalue weighted by molar-refractivity contribution is 6.31. The van der Waals surface area contributed by atoms with Crippen molar-refractivity contribution in [2.45, 2.75) is 65.2 Å². The van der Waals surface area contributed by atoms with Crippen LogP contribution < -0.4 is 4.74 Å². The summed E-state index contributed by atoms with van der Waals surface area (Å²) in [6.45, 7) is 4.40. The Morgan fingerprint density at radius 3 is 2.07 bits per heavy atom. The third kappa shape index (κ3) is 7.83. The third-order valence-electron chi connectivity index (χ3n) is 4.94. The van der Waals surface area contributed by atoms with E-state index in [4.69, 9.17) is 21.1 Å². The van der Waals surface area contributed by atoms with Gasteiger partial charge in [0.15, 0.2) is 0 Å². The molecule has 0 amide bonds. The van der Waals surface area contributed by atoms with Crippen molar-refractivity contribution in [2.24, 2.45) is 0 Å². The van der Waals surface area contributed by atoms with Crippen LogP contribution in [0.4, 0.5) is 0 Å². The Kier molecular flexibility index (Phi) is 10.4. The molecule has 0 atom stereocenters. The molecule has 30 heavy (non-hydrogen) atoms. The molecule has 0 fully saturated rings. The van der Waals surface area contributed by atoms with E-state index in [1.807, 2.05) is 6.92 Å². The van der Waals surface area contributed by atoms with Gasteiger partial charge < -0.3 is 9.47 Å². The standard InChI is InChI=1S/C25H31ClO4/c1-3-4-5-6-7-8-9-12-17-29-24(27)21-13-10-11-14-22(21)25(28)30-20-15-16-23(26)19(2)18-20/h10-11,13-16,18H,3-9,12,17H2,1-2H3. The Hall–Kier alpha value is -2.33. The molecule has 162 valence electrons. The molecule has 5 heteroatoms. The zero-order chi connectivity index (χ0) is 21.8. The average Bonchev–Trinajstić information content (AvgIpc) is 2.75. The lowest BCUT2D eigenvalue weighted by atomic mass is 10.1. The van der Waals surface area contributed by atoms with Crippen molar-refractivity contribution < 1.29 is 19.1 Å². The molecule has 0 heterocycles. The maximum Gasteiger partial charge on any atom is 0.344 e. The number of halogens is 1. The van der Waals surface area contributed by atoms with Crippen molar-refractivity contribution in [1.29, 1.82) is 0 Å². The smallest absolute Gasteiger partial charge is 0.344 e. The highest BCUT2D eigenvalue weighted by Gasteiger charge is 2.19. The quantitative estimate of drug-likeness (QED) is 0.203. The first-order valence-electron chi connectivity index (χ1n) is 10.8. The largest absolute Gasteiger partial charge is 0.462 e. The molecule has 0 saturated carbocycles. The van der Waals surface area contributed by atoms with Crippen LogP contribution in [0.2, 0.25) is 5.02 Å². The van der Waals surface area contributed by atoms with Crippen molar-refractivity contribution in [1.82, 2.24) is 0 Å². The predicted octanol–water partition coefficient (Wildman–Crippen LogP) is 7.17. The lowest BCUT2D eigenvalue weighted by molar-refractivity contribution is 0.0489. The Labute approximate surface area is 184 Å². The van der Waals surface area contributed by atoms with Gasteiger partial charge in [-0.25, -0.2) is 9.59 Å². The van der Waals surface area contributed by atoms with Crippen LogP contribution in [0.15, 0.2) is 42.5 Å². The number of carbonyl (C=O) groups excluding carboxylic acids is 2. The number of carbonyl (C=O) groups is 2. The molecular formula is C25H31ClO4. The maximum absolute atomic E-state index is 12.6. The maximum atomic E-state index is 12.6. The summed E-state index contributed by atoms with van der Waals surface area (Å²) in [5, 5.41) is 0.597. The first-order chi connectivity index (χ1) is 14.5. The normalized spacial score (nSPS) is 10.6. The highest BCUT2D eigenvalue weighted by atomic mass is 35.5. The molecule has 0 aliphatic rings. The van der Waals surface area contributed by atoms with Gasteiger partial charge in [0, 0.05) is 5.02 Å². The van der Waals surface area contributed by atoms with Gasteiger partial charge in [-0.1, -0.05) is 75.6 Å². The van der Waals surface area contributed by atoms with Crippen LogP contribution >= 0.6 is 11.6 Å². The number of aryl methyl sites for hydroxylation is 1. The highest BCUT2D eigenvalue weighted by Crippen LogP contribution is 2.22. The van der Waals surface area contributed by atoms with Crippen molar-refractivity contribution in [2.75, 3.05) is 6.61 Å². The Morgan fingerprint density at radius 2 is 1.43 bits per heavy atom. The second-order valence-electron chi connectivity index (χ2n) is 7.46. The van der Waals surface area contributed by atoms with E-state index in [0.29, 0.717) is 17.4 Å². The summed E-state index contributed by atoms with van der Waals surface area (Å²) in [6, 6.07) is 11.5. The van der Waals surface area contributed by atoms with Gasteiger partial charge in [-0.15, -0.1) is 0 Å². The zero-order valence-corrected chi connectivity index (χ0v) is 18.7. The van der Waals surface area contributed by atoms with E-state index in [-0.39, 0.29) is 11.1 Å². The predicted molar refractivity (Wildman–Crippen MR) is 120 cm³/mol. The Bertz CT molecular complexity index is 832. The molecule has 0 radical (unpaired) electrons. The number of esters is 2. The van der Waals surface area contributed by atoms with Crippen molar-refractivity contribution in [3.8, 4) is 5.75 Å². The van der Waals surface area contributed by atoms with Crippen LogP contribution in [0, 0.1) is 6.92 Å². The van der Waals surface area contributed by atoms with Crippen LogP contribution in [0.5, 0.6) is 5.75 Å². The minimum Gasteiger partial charge on any atom is -0.462 e. The fourth-order valence-electron chi connectivity index (χ4n) is 3.16. The van der Waals surface area contributed by atoms with Gasteiger partial charge >= 0.3 is 11.9 Å². The number of rotatable bonds is 12. The lowest BCUT2D eigenvalue weighted by Crippen LogP contribution is -2.16. The fraction of sp³-hybridized carbons (Fsp3) is 0.440. The molecule has 0 saturated heterocycles. The molecule has 0 aromatic heterocycles. The van der Waals surface area contributed by atoms with Crippen LogP contribution in [-0.4, -0.2) is 18.5 Å². The van der Waals surface area contributed by atoms with Crippen LogP contribution in [0.3, 0.4) is 0 Å². The van der Waals surface area contributed by atoms with Gasteiger partial charge in [0.25, 0.3) is 0 Å². The summed E-state index contributed by atoms with van der Waals surface area (Å²) in [7, 11) is 0. The van der Waals surface area contributed by atoms with Gasteiger partial charge in [-0.05, 0) is 49.2 Å². The van der Waals surface area contributed by atoms with Crippen molar-refractivity contribution >= 4 is 23.5 Å².